The van der Waals surface area contributed by atoms with Crippen molar-refractivity contribution in [1.82, 2.24) is 0 Å². The quantitative estimate of drug-likeness (QED) is 0.765. The number of rotatable bonds is 7. The third kappa shape index (κ3) is 4.78. The van der Waals surface area contributed by atoms with Gasteiger partial charge in [0.25, 0.3) is 0 Å². The molecule has 0 saturated carbocycles. The smallest absolute Gasteiger partial charge is 0.308 e. The Morgan fingerprint density at radius 3 is 2.37 bits per heavy atom. The summed E-state index contributed by atoms with van der Waals surface area (Å²) < 4.78 is 0. The van der Waals surface area contributed by atoms with E-state index in [0.717, 1.165) is 17.7 Å². The summed E-state index contributed by atoms with van der Waals surface area (Å²) in [6.45, 7) is 10.9. The number of carboxylic acid groups (broad SMARTS) is 1. The van der Waals surface area contributed by atoms with Gasteiger partial charge in [-0.3, -0.25) is 4.79 Å². The molecular weight excluding hydrogens is 238 g/mol. The number of anilines is 1. The highest BCUT2D eigenvalue weighted by Crippen LogP contribution is 2.18. The van der Waals surface area contributed by atoms with Crippen molar-refractivity contribution in [2.24, 2.45) is 5.92 Å². The zero-order valence-electron chi connectivity index (χ0n) is 12.0. The molecule has 3 nitrogen and oxygen atoms in total. The molecular formula is C16H23NO2. The van der Waals surface area contributed by atoms with Crippen LogP contribution in [0.3, 0.4) is 0 Å². The molecule has 0 aliphatic rings. The van der Waals surface area contributed by atoms with E-state index < -0.39 is 11.9 Å². The van der Waals surface area contributed by atoms with Crippen molar-refractivity contribution < 1.29 is 9.90 Å². The highest BCUT2D eigenvalue weighted by atomic mass is 16.4. The summed E-state index contributed by atoms with van der Waals surface area (Å²) in [5, 5.41) is 9.04. The van der Waals surface area contributed by atoms with Gasteiger partial charge >= 0.3 is 5.97 Å². The molecule has 0 saturated heterocycles. The monoisotopic (exact) mass is 261 g/mol. The molecule has 0 heterocycles. The maximum Gasteiger partial charge on any atom is 0.308 e. The van der Waals surface area contributed by atoms with Gasteiger partial charge in [-0.1, -0.05) is 38.1 Å². The fraction of sp³-hybridized carbons (Fsp3) is 0.438. The number of hydrogen-bond donors (Lipinski definition) is 1. The molecule has 0 aromatic heterocycles. The van der Waals surface area contributed by atoms with Crippen molar-refractivity contribution in [3.63, 3.8) is 0 Å². The van der Waals surface area contributed by atoms with Crippen molar-refractivity contribution in [2.75, 3.05) is 18.0 Å². The minimum Gasteiger partial charge on any atom is -0.481 e. The average molecular weight is 261 g/mol. The molecule has 1 atom stereocenters. The van der Waals surface area contributed by atoms with Gasteiger partial charge in [-0.2, -0.15) is 0 Å². The Balaban J connectivity index is 2.88. The predicted molar refractivity (Wildman–Crippen MR) is 79.6 cm³/mol. The van der Waals surface area contributed by atoms with E-state index in [2.05, 4.69) is 42.7 Å². The first-order valence-corrected chi connectivity index (χ1v) is 6.65. The predicted octanol–water partition coefficient (Wildman–Crippen LogP) is 3.35. The number of aliphatic carboxylic acids is 1. The molecule has 0 amide bonds. The van der Waals surface area contributed by atoms with Crippen LogP contribution in [-0.2, 0) is 11.2 Å². The molecule has 1 unspecified atom stereocenters. The third-order valence-corrected chi connectivity index (χ3v) is 3.09. The minimum atomic E-state index is -0.767. The van der Waals surface area contributed by atoms with E-state index >= 15 is 0 Å². The number of nitrogens with zero attached hydrogens (tertiary/aromatic N) is 1. The van der Waals surface area contributed by atoms with Crippen LogP contribution in [0.5, 0.6) is 0 Å². The molecule has 0 fully saturated rings. The largest absolute Gasteiger partial charge is 0.481 e. The van der Waals surface area contributed by atoms with Gasteiger partial charge in [0.05, 0.1) is 5.92 Å². The van der Waals surface area contributed by atoms with Crippen molar-refractivity contribution in [3.8, 4) is 0 Å². The molecule has 0 aliphatic heterocycles. The Morgan fingerprint density at radius 1 is 1.37 bits per heavy atom. The summed E-state index contributed by atoms with van der Waals surface area (Å²) in [5.41, 5.74) is 3.36. The number of carbonyl (C=O) groups is 1. The van der Waals surface area contributed by atoms with Gasteiger partial charge in [0.15, 0.2) is 0 Å². The Bertz CT molecular complexity index is 437. The lowest BCUT2D eigenvalue weighted by molar-refractivity contribution is -0.140. The topological polar surface area (TPSA) is 40.5 Å². The summed E-state index contributed by atoms with van der Waals surface area (Å²) in [7, 11) is 0. The highest BCUT2D eigenvalue weighted by Gasteiger charge is 2.16. The lowest BCUT2D eigenvalue weighted by Gasteiger charge is -2.27. The first-order valence-electron chi connectivity index (χ1n) is 6.65. The summed E-state index contributed by atoms with van der Waals surface area (Å²) in [6.07, 6.45) is 1.01. The SMILES string of the molecule is C=C(C)CN(CC(C)C(=O)O)c1ccc(CC)cc1. The highest BCUT2D eigenvalue weighted by molar-refractivity contribution is 5.70. The van der Waals surface area contributed by atoms with E-state index in [1.165, 1.54) is 5.56 Å². The molecule has 1 aromatic carbocycles. The van der Waals surface area contributed by atoms with Crippen LogP contribution in [0.25, 0.3) is 0 Å². The van der Waals surface area contributed by atoms with Gasteiger partial charge in [0.2, 0.25) is 0 Å². The molecule has 3 heteroatoms. The van der Waals surface area contributed by atoms with Gasteiger partial charge in [0, 0.05) is 18.8 Å². The van der Waals surface area contributed by atoms with E-state index in [1.54, 1.807) is 6.92 Å². The summed E-state index contributed by atoms with van der Waals surface area (Å²) in [5.74, 6) is -1.16. The summed E-state index contributed by atoms with van der Waals surface area (Å²) in [6, 6.07) is 8.28. The second-order valence-corrected chi connectivity index (χ2v) is 5.10. The fourth-order valence-electron chi connectivity index (χ4n) is 1.94. The summed E-state index contributed by atoms with van der Waals surface area (Å²) >= 11 is 0. The first-order chi connectivity index (χ1) is 8.93. The van der Waals surface area contributed by atoms with Crippen molar-refractivity contribution in [1.29, 1.82) is 0 Å². The molecule has 0 radical (unpaired) electrons. The third-order valence-electron chi connectivity index (χ3n) is 3.09. The normalized spacial score (nSPS) is 11.9. The summed E-state index contributed by atoms with van der Waals surface area (Å²) in [4.78, 5) is 13.1. The average Bonchev–Trinajstić information content (AvgIpc) is 2.37. The van der Waals surface area contributed by atoms with Crippen molar-refractivity contribution >= 4 is 11.7 Å². The van der Waals surface area contributed by atoms with E-state index in [1.807, 2.05) is 6.92 Å². The second kappa shape index (κ2) is 6.98. The van der Waals surface area contributed by atoms with Crippen molar-refractivity contribution in [2.45, 2.75) is 27.2 Å². The van der Waals surface area contributed by atoms with Gasteiger partial charge in [-0.25, -0.2) is 0 Å². The molecule has 1 rings (SSSR count). The van der Waals surface area contributed by atoms with Crippen LogP contribution in [0.15, 0.2) is 36.4 Å². The molecule has 0 spiro atoms. The molecule has 19 heavy (non-hydrogen) atoms. The van der Waals surface area contributed by atoms with Crippen molar-refractivity contribution in [3.05, 3.63) is 42.0 Å². The number of aryl methyl sites for hydroxylation is 1. The second-order valence-electron chi connectivity index (χ2n) is 5.10. The fourth-order valence-corrected chi connectivity index (χ4v) is 1.94. The van der Waals surface area contributed by atoms with Gasteiger partial charge in [0.1, 0.15) is 0 Å². The molecule has 1 aromatic rings. The van der Waals surface area contributed by atoms with Gasteiger partial charge in [-0.05, 0) is 31.0 Å². The lowest BCUT2D eigenvalue weighted by atomic mass is 10.1. The Kier molecular flexibility index (Phi) is 5.61. The number of carboxylic acids is 1. The van der Waals surface area contributed by atoms with Gasteiger partial charge in [-0.15, -0.1) is 0 Å². The first kappa shape index (κ1) is 15.3. The van der Waals surface area contributed by atoms with E-state index in [4.69, 9.17) is 5.11 Å². The molecule has 0 bridgehead atoms. The van der Waals surface area contributed by atoms with Crippen LogP contribution >= 0.6 is 0 Å². The van der Waals surface area contributed by atoms with Crippen LogP contribution < -0.4 is 4.90 Å². The number of hydrogen-bond acceptors (Lipinski definition) is 2. The standard InChI is InChI=1S/C16H23NO2/c1-5-14-6-8-15(9-7-14)17(10-12(2)3)11-13(4)16(18)19/h6-9,13H,2,5,10-11H2,1,3-4H3,(H,18,19). The van der Waals surface area contributed by atoms with E-state index in [9.17, 15) is 4.79 Å². The van der Waals surface area contributed by atoms with Gasteiger partial charge < -0.3 is 10.0 Å². The Hall–Kier alpha value is -1.77. The Labute approximate surface area is 115 Å². The molecule has 0 aliphatic carbocycles. The van der Waals surface area contributed by atoms with Crippen LogP contribution in [0.1, 0.15) is 26.3 Å². The zero-order valence-corrected chi connectivity index (χ0v) is 12.0. The maximum absolute atomic E-state index is 11.0. The van der Waals surface area contributed by atoms with E-state index in [-0.39, 0.29) is 0 Å². The van der Waals surface area contributed by atoms with E-state index in [0.29, 0.717) is 13.1 Å². The van der Waals surface area contributed by atoms with Crippen LogP contribution in [0.4, 0.5) is 5.69 Å². The number of benzene rings is 1. The Morgan fingerprint density at radius 2 is 1.95 bits per heavy atom. The van der Waals surface area contributed by atoms with Crippen LogP contribution in [0.2, 0.25) is 0 Å². The van der Waals surface area contributed by atoms with Crippen LogP contribution in [0, 0.1) is 5.92 Å². The van der Waals surface area contributed by atoms with Crippen LogP contribution in [-0.4, -0.2) is 24.2 Å². The zero-order chi connectivity index (χ0) is 14.4. The lowest BCUT2D eigenvalue weighted by Crippen LogP contribution is -2.33. The molecule has 104 valence electrons. The maximum atomic E-state index is 11.0. The molecule has 1 N–H and O–H groups in total. The minimum absolute atomic E-state index is 0.398.